The molecule has 1 aliphatic carbocycles. The van der Waals surface area contributed by atoms with Crippen LogP contribution in [0.2, 0.25) is 0 Å². The van der Waals surface area contributed by atoms with E-state index in [1.54, 1.807) is 19.5 Å². The molecule has 1 fully saturated rings. The summed E-state index contributed by atoms with van der Waals surface area (Å²) < 4.78 is 5.68. The van der Waals surface area contributed by atoms with Crippen molar-refractivity contribution in [2.24, 2.45) is 5.73 Å². The van der Waals surface area contributed by atoms with E-state index in [0.717, 1.165) is 24.2 Å². The fraction of sp³-hybridized carbons (Fsp3) is 0.667. The van der Waals surface area contributed by atoms with Gasteiger partial charge in [-0.2, -0.15) is 0 Å². The van der Waals surface area contributed by atoms with Crippen LogP contribution in [-0.4, -0.2) is 17.1 Å². The number of methoxy groups -OCH3 is 1. The molecular weight excluding hydrogens is 202 g/mol. The zero-order chi connectivity index (χ0) is 11.4. The van der Waals surface area contributed by atoms with Gasteiger partial charge in [-0.05, 0) is 12.8 Å². The van der Waals surface area contributed by atoms with Gasteiger partial charge in [-0.1, -0.05) is 19.3 Å². The molecule has 0 radical (unpaired) electrons. The molecule has 0 aromatic carbocycles. The predicted molar refractivity (Wildman–Crippen MR) is 61.7 cm³/mol. The third-order valence-corrected chi connectivity index (χ3v) is 3.40. The van der Waals surface area contributed by atoms with E-state index in [2.05, 4.69) is 9.97 Å². The SMILES string of the molecule is COC1(c2ncc(CN)cn2)CCCCC1. The maximum absolute atomic E-state index is 5.68. The van der Waals surface area contributed by atoms with Gasteiger partial charge >= 0.3 is 0 Å². The molecule has 0 bridgehead atoms. The molecule has 0 aliphatic heterocycles. The first kappa shape index (κ1) is 11.5. The van der Waals surface area contributed by atoms with Gasteiger partial charge in [0, 0.05) is 31.6 Å². The van der Waals surface area contributed by atoms with Crippen LogP contribution in [-0.2, 0) is 16.9 Å². The van der Waals surface area contributed by atoms with Crippen molar-refractivity contribution in [2.75, 3.05) is 7.11 Å². The number of ether oxygens (including phenoxy) is 1. The minimum atomic E-state index is -0.259. The van der Waals surface area contributed by atoms with Gasteiger partial charge in [0.2, 0.25) is 0 Å². The highest BCUT2D eigenvalue weighted by molar-refractivity contribution is 5.10. The van der Waals surface area contributed by atoms with Crippen LogP contribution in [0.15, 0.2) is 12.4 Å². The topological polar surface area (TPSA) is 61.0 Å². The van der Waals surface area contributed by atoms with Crippen molar-refractivity contribution in [3.05, 3.63) is 23.8 Å². The molecule has 1 aliphatic rings. The lowest BCUT2D eigenvalue weighted by Gasteiger charge is -2.34. The van der Waals surface area contributed by atoms with Crippen LogP contribution in [0.4, 0.5) is 0 Å². The lowest BCUT2D eigenvalue weighted by atomic mass is 9.84. The van der Waals surface area contributed by atoms with Gasteiger partial charge < -0.3 is 10.5 Å². The summed E-state index contributed by atoms with van der Waals surface area (Å²) in [5.74, 6) is 0.812. The number of hydrogen-bond acceptors (Lipinski definition) is 4. The third-order valence-electron chi connectivity index (χ3n) is 3.40. The molecule has 1 saturated carbocycles. The average molecular weight is 221 g/mol. The van der Waals surface area contributed by atoms with E-state index >= 15 is 0 Å². The molecule has 0 saturated heterocycles. The summed E-state index contributed by atoms with van der Waals surface area (Å²) in [7, 11) is 1.76. The minimum Gasteiger partial charge on any atom is -0.370 e. The molecule has 16 heavy (non-hydrogen) atoms. The van der Waals surface area contributed by atoms with Crippen molar-refractivity contribution in [1.82, 2.24) is 9.97 Å². The summed E-state index contributed by atoms with van der Waals surface area (Å²) in [4.78, 5) is 8.80. The van der Waals surface area contributed by atoms with E-state index < -0.39 is 0 Å². The first-order chi connectivity index (χ1) is 7.80. The zero-order valence-electron chi connectivity index (χ0n) is 9.78. The molecule has 4 nitrogen and oxygen atoms in total. The third kappa shape index (κ3) is 2.08. The van der Waals surface area contributed by atoms with Crippen LogP contribution in [0.3, 0.4) is 0 Å². The Labute approximate surface area is 96.2 Å². The molecule has 0 spiro atoms. The maximum atomic E-state index is 5.68. The van der Waals surface area contributed by atoms with Gasteiger partial charge in [-0.25, -0.2) is 9.97 Å². The highest BCUT2D eigenvalue weighted by atomic mass is 16.5. The van der Waals surface area contributed by atoms with E-state index in [9.17, 15) is 0 Å². The first-order valence-electron chi connectivity index (χ1n) is 5.87. The van der Waals surface area contributed by atoms with Crippen molar-refractivity contribution in [3.63, 3.8) is 0 Å². The van der Waals surface area contributed by atoms with E-state index in [0.29, 0.717) is 6.54 Å². The normalized spacial score (nSPS) is 19.6. The van der Waals surface area contributed by atoms with Gasteiger partial charge in [0.15, 0.2) is 5.82 Å². The Morgan fingerprint density at radius 1 is 1.25 bits per heavy atom. The second kappa shape index (κ2) is 4.89. The fourth-order valence-electron chi connectivity index (χ4n) is 2.34. The van der Waals surface area contributed by atoms with E-state index in [4.69, 9.17) is 10.5 Å². The van der Waals surface area contributed by atoms with E-state index in [1.807, 2.05) is 0 Å². The molecule has 88 valence electrons. The quantitative estimate of drug-likeness (QED) is 0.844. The Hall–Kier alpha value is -1.00. The van der Waals surface area contributed by atoms with Gasteiger partial charge in [-0.15, -0.1) is 0 Å². The molecule has 1 aromatic heterocycles. The smallest absolute Gasteiger partial charge is 0.160 e. The second-order valence-electron chi connectivity index (χ2n) is 4.38. The molecule has 0 amide bonds. The molecule has 2 rings (SSSR count). The Morgan fingerprint density at radius 3 is 2.38 bits per heavy atom. The van der Waals surface area contributed by atoms with Gasteiger partial charge in [0.1, 0.15) is 5.60 Å². The average Bonchev–Trinajstić information content (AvgIpc) is 2.39. The Balaban J connectivity index is 2.24. The Morgan fingerprint density at radius 2 is 1.88 bits per heavy atom. The fourth-order valence-corrected chi connectivity index (χ4v) is 2.34. The van der Waals surface area contributed by atoms with Gasteiger partial charge in [0.25, 0.3) is 0 Å². The molecular formula is C12H19N3O. The highest BCUT2D eigenvalue weighted by Gasteiger charge is 2.36. The molecule has 0 atom stereocenters. The highest BCUT2D eigenvalue weighted by Crippen LogP contribution is 2.37. The van der Waals surface area contributed by atoms with Crippen LogP contribution >= 0.6 is 0 Å². The van der Waals surface area contributed by atoms with E-state index in [-0.39, 0.29) is 5.60 Å². The van der Waals surface area contributed by atoms with Crippen LogP contribution < -0.4 is 5.73 Å². The Kier molecular flexibility index (Phi) is 3.51. The van der Waals surface area contributed by atoms with Crippen molar-refractivity contribution < 1.29 is 4.74 Å². The van der Waals surface area contributed by atoms with Crippen molar-refractivity contribution in [3.8, 4) is 0 Å². The van der Waals surface area contributed by atoms with Crippen LogP contribution in [0.1, 0.15) is 43.5 Å². The van der Waals surface area contributed by atoms with Crippen molar-refractivity contribution in [2.45, 2.75) is 44.2 Å². The Bertz CT molecular complexity index is 331. The number of nitrogens with zero attached hydrogens (tertiary/aromatic N) is 2. The van der Waals surface area contributed by atoms with Crippen LogP contribution in [0, 0.1) is 0 Å². The summed E-state index contributed by atoms with van der Waals surface area (Å²) in [6, 6.07) is 0. The summed E-state index contributed by atoms with van der Waals surface area (Å²) in [6.07, 6.45) is 9.31. The summed E-state index contributed by atoms with van der Waals surface area (Å²) in [6.45, 7) is 0.486. The molecule has 1 heterocycles. The number of rotatable bonds is 3. The zero-order valence-corrected chi connectivity index (χ0v) is 9.78. The molecule has 1 aromatic rings. The number of aromatic nitrogens is 2. The summed E-state index contributed by atoms with van der Waals surface area (Å²) >= 11 is 0. The lowest BCUT2D eigenvalue weighted by Crippen LogP contribution is -2.33. The first-order valence-corrected chi connectivity index (χ1v) is 5.87. The lowest BCUT2D eigenvalue weighted by molar-refractivity contribution is -0.0515. The summed E-state index contributed by atoms with van der Waals surface area (Å²) in [5, 5.41) is 0. The van der Waals surface area contributed by atoms with E-state index in [1.165, 1.54) is 19.3 Å². The minimum absolute atomic E-state index is 0.259. The largest absolute Gasteiger partial charge is 0.370 e. The molecule has 0 unspecified atom stereocenters. The molecule has 2 N–H and O–H groups in total. The predicted octanol–water partition coefficient (Wildman–Crippen LogP) is 1.74. The number of hydrogen-bond donors (Lipinski definition) is 1. The standard InChI is InChI=1S/C12H19N3O/c1-16-12(5-3-2-4-6-12)11-14-8-10(7-13)9-15-11/h8-9H,2-7,13H2,1H3. The van der Waals surface area contributed by atoms with Crippen LogP contribution in [0.5, 0.6) is 0 Å². The van der Waals surface area contributed by atoms with Crippen molar-refractivity contribution in [1.29, 1.82) is 0 Å². The molecule has 4 heteroatoms. The van der Waals surface area contributed by atoms with Gasteiger partial charge in [-0.3, -0.25) is 0 Å². The summed E-state index contributed by atoms with van der Waals surface area (Å²) in [5.41, 5.74) is 6.24. The maximum Gasteiger partial charge on any atom is 0.160 e. The number of nitrogens with two attached hydrogens (primary N) is 1. The second-order valence-corrected chi connectivity index (χ2v) is 4.38. The van der Waals surface area contributed by atoms with Gasteiger partial charge in [0.05, 0.1) is 0 Å². The van der Waals surface area contributed by atoms with Crippen molar-refractivity contribution >= 4 is 0 Å². The monoisotopic (exact) mass is 221 g/mol. The van der Waals surface area contributed by atoms with Crippen LogP contribution in [0.25, 0.3) is 0 Å².